The predicted molar refractivity (Wildman–Crippen MR) is 81.9 cm³/mol. The van der Waals surface area contributed by atoms with Crippen LogP contribution < -0.4 is 4.90 Å². The fourth-order valence-electron chi connectivity index (χ4n) is 2.81. The van der Waals surface area contributed by atoms with Crippen LogP contribution in [0.15, 0.2) is 30.5 Å². The van der Waals surface area contributed by atoms with Crippen molar-refractivity contribution in [2.45, 2.75) is 32.7 Å². The zero-order valence-corrected chi connectivity index (χ0v) is 12.2. The van der Waals surface area contributed by atoms with Crippen LogP contribution in [0.3, 0.4) is 0 Å². The molecule has 4 nitrogen and oxygen atoms in total. The normalized spacial score (nSPS) is 12.8. The standard InChI is InChI=1S/C17H18N4/c1-2-21(12-15-7-3-4-9-19-15)17-14(11-18)10-13-6-5-8-16(13)20-17/h3-4,7,9-10H,2,5-6,8,12H2,1H3. The van der Waals surface area contributed by atoms with Crippen LogP contribution in [-0.2, 0) is 19.4 Å². The Morgan fingerprint density at radius 1 is 1.33 bits per heavy atom. The first-order valence-electron chi connectivity index (χ1n) is 7.39. The van der Waals surface area contributed by atoms with E-state index in [1.54, 1.807) is 6.20 Å². The molecule has 0 aromatic carbocycles. The fraction of sp³-hybridized carbons (Fsp3) is 0.353. The van der Waals surface area contributed by atoms with Gasteiger partial charge in [-0.2, -0.15) is 5.26 Å². The minimum Gasteiger partial charge on any atom is -0.350 e. The van der Waals surface area contributed by atoms with Crippen LogP contribution in [0.25, 0.3) is 0 Å². The highest BCUT2D eigenvalue weighted by Gasteiger charge is 2.19. The molecule has 1 aliphatic carbocycles. The molecule has 0 saturated carbocycles. The van der Waals surface area contributed by atoms with Crippen LogP contribution in [-0.4, -0.2) is 16.5 Å². The van der Waals surface area contributed by atoms with Crippen molar-refractivity contribution in [2.75, 3.05) is 11.4 Å². The molecular weight excluding hydrogens is 260 g/mol. The number of nitriles is 1. The molecule has 21 heavy (non-hydrogen) atoms. The molecule has 0 amide bonds. The largest absolute Gasteiger partial charge is 0.350 e. The zero-order chi connectivity index (χ0) is 14.7. The van der Waals surface area contributed by atoms with Gasteiger partial charge in [0, 0.05) is 18.4 Å². The van der Waals surface area contributed by atoms with Gasteiger partial charge in [0.1, 0.15) is 11.9 Å². The Morgan fingerprint density at radius 2 is 2.24 bits per heavy atom. The van der Waals surface area contributed by atoms with Crippen LogP contribution in [0.4, 0.5) is 5.82 Å². The number of pyridine rings is 2. The minimum absolute atomic E-state index is 0.674. The third-order valence-electron chi connectivity index (χ3n) is 3.91. The number of fused-ring (bicyclic) bond motifs is 1. The van der Waals surface area contributed by atoms with Crippen molar-refractivity contribution in [1.29, 1.82) is 5.26 Å². The molecule has 0 fully saturated rings. The van der Waals surface area contributed by atoms with Gasteiger partial charge in [-0.1, -0.05) is 6.07 Å². The summed E-state index contributed by atoms with van der Waals surface area (Å²) in [5, 5.41) is 9.43. The minimum atomic E-state index is 0.674. The van der Waals surface area contributed by atoms with Gasteiger partial charge in [0.15, 0.2) is 0 Å². The van der Waals surface area contributed by atoms with Crippen molar-refractivity contribution in [3.63, 3.8) is 0 Å². The van der Waals surface area contributed by atoms with Gasteiger partial charge in [0.2, 0.25) is 0 Å². The number of rotatable bonds is 4. The van der Waals surface area contributed by atoms with Crippen LogP contribution in [0.1, 0.15) is 35.9 Å². The van der Waals surface area contributed by atoms with E-state index < -0.39 is 0 Å². The van der Waals surface area contributed by atoms with Gasteiger partial charge in [-0.3, -0.25) is 4.98 Å². The summed E-state index contributed by atoms with van der Waals surface area (Å²) in [6.07, 6.45) is 5.01. The lowest BCUT2D eigenvalue weighted by atomic mass is 10.1. The number of aromatic nitrogens is 2. The van der Waals surface area contributed by atoms with Crippen LogP contribution in [0, 0.1) is 11.3 Å². The molecule has 106 valence electrons. The van der Waals surface area contributed by atoms with Crippen molar-refractivity contribution in [2.24, 2.45) is 0 Å². The SMILES string of the molecule is CCN(Cc1ccccn1)c1nc2c(cc1C#N)CCC2. The number of anilines is 1. The van der Waals surface area contributed by atoms with Gasteiger partial charge in [-0.25, -0.2) is 4.98 Å². The second-order valence-electron chi connectivity index (χ2n) is 5.27. The molecular formula is C17H18N4. The molecule has 4 heteroatoms. The maximum atomic E-state index is 9.43. The van der Waals surface area contributed by atoms with E-state index in [-0.39, 0.29) is 0 Å². The summed E-state index contributed by atoms with van der Waals surface area (Å²) in [5.41, 5.74) is 4.06. The quantitative estimate of drug-likeness (QED) is 0.863. The molecule has 2 aromatic heterocycles. The highest BCUT2D eigenvalue weighted by molar-refractivity contribution is 5.56. The molecule has 0 aliphatic heterocycles. The molecule has 2 heterocycles. The van der Waals surface area contributed by atoms with E-state index in [4.69, 9.17) is 4.98 Å². The second kappa shape index (κ2) is 5.92. The average Bonchev–Trinajstić information content (AvgIpc) is 2.99. The Morgan fingerprint density at radius 3 is 2.95 bits per heavy atom. The van der Waals surface area contributed by atoms with Crippen molar-refractivity contribution in [1.82, 2.24) is 9.97 Å². The maximum Gasteiger partial charge on any atom is 0.147 e. The molecule has 0 bridgehead atoms. The number of hydrogen-bond acceptors (Lipinski definition) is 4. The molecule has 0 unspecified atom stereocenters. The van der Waals surface area contributed by atoms with E-state index in [9.17, 15) is 5.26 Å². The van der Waals surface area contributed by atoms with Crippen LogP contribution in [0.2, 0.25) is 0 Å². The summed E-state index contributed by atoms with van der Waals surface area (Å²) in [4.78, 5) is 11.3. The predicted octanol–water partition coefficient (Wildman–Crippen LogP) is 2.86. The lowest BCUT2D eigenvalue weighted by Crippen LogP contribution is -2.25. The van der Waals surface area contributed by atoms with Gasteiger partial charge in [0.25, 0.3) is 0 Å². The first-order valence-corrected chi connectivity index (χ1v) is 7.39. The Labute approximate surface area is 125 Å². The van der Waals surface area contributed by atoms with Crippen molar-refractivity contribution < 1.29 is 0 Å². The summed E-state index contributed by atoms with van der Waals surface area (Å²) in [7, 11) is 0. The molecule has 2 aromatic rings. The second-order valence-corrected chi connectivity index (χ2v) is 5.27. The third-order valence-corrected chi connectivity index (χ3v) is 3.91. The molecule has 0 radical (unpaired) electrons. The zero-order valence-electron chi connectivity index (χ0n) is 12.2. The van der Waals surface area contributed by atoms with E-state index in [0.717, 1.165) is 43.0 Å². The smallest absolute Gasteiger partial charge is 0.147 e. The summed E-state index contributed by atoms with van der Waals surface area (Å²) in [6.45, 7) is 3.56. The summed E-state index contributed by atoms with van der Waals surface area (Å²) < 4.78 is 0. The van der Waals surface area contributed by atoms with Crippen LogP contribution >= 0.6 is 0 Å². The summed E-state index contributed by atoms with van der Waals surface area (Å²) in [6, 6.07) is 10.2. The van der Waals surface area contributed by atoms with E-state index in [1.165, 1.54) is 5.56 Å². The highest BCUT2D eigenvalue weighted by Crippen LogP contribution is 2.27. The van der Waals surface area contributed by atoms with E-state index in [1.807, 2.05) is 24.3 Å². The van der Waals surface area contributed by atoms with E-state index >= 15 is 0 Å². The molecule has 0 spiro atoms. The van der Waals surface area contributed by atoms with Gasteiger partial charge < -0.3 is 4.90 Å². The number of nitrogens with zero attached hydrogens (tertiary/aromatic N) is 4. The van der Waals surface area contributed by atoms with Gasteiger partial charge >= 0.3 is 0 Å². The van der Waals surface area contributed by atoms with Crippen molar-refractivity contribution in [3.05, 3.63) is 53.0 Å². The van der Waals surface area contributed by atoms with Crippen molar-refractivity contribution >= 4 is 5.82 Å². The number of hydrogen-bond donors (Lipinski definition) is 0. The first kappa shape index (κ1) is 13.6. The average molecular weight is 278 g/mol. The molecule has 1 aliphatic rings. The Kier molecular flexibility index (Phi) is 3.83. The van der Waals surface area contributed by atoms with Gasteiger partial charge in [-0.15, -0.1) is 0 Å². The van der Waals surface area contributed by atoms with Gasteiger partial charge in [0.05, 0.1) is 17.8 Å². The Hall–Kier alpha value is -2.41. The Bertz CT molecular complexity index is 673. The van der Waals surface area contributed by atoms with Crippen molar-refractivity contribution in [3.8, 4) is 6.07 Å². The van der Waals surface area contributed by atoms with Gasteiger partial charge in [-0.05, 0) is 49.9 Å². The third kappa shape index (κ3) is 2.73. The summed E-state index contributed by atoms with van der Waals surface area (Å²) in [5.74, 6) is 0.798. The van der Waals surface area contributed by atoms with E-state index in [2.05, 4.69) is 22.9 Å². The van der Waals surface area contributed by atoms with E-state index in [0.29, 0.717) is 12.1 Å². The van der Waals surface area contributed by atoms with Crippen LogP contribution in [0.5, 0.6) is 0 Å². The highest BCUT2D eigenvalue weighted by atomic mass is 15.2. The monoisotopic (exact) mass is 278 g/mol. The lowest BCUT2D eigenvalue weighted by Gasteiger charge is -2.23. The molecule has 0 saturated heterocycles. The summed E-state index contributed by atoms with van der Waals surface area (Å²) >= 11 is 0. The molecule has 0 atom stereocenters. The molecule has 0 N–H and O–H groups in total. The maximum absolute atomic E-state index is 9.43. The first-order chi connectivity index (χ1) is 10.3. The number of aryl methyl sites for hydroxylation is 2. The molecule has 3 rings (SSSR count). The fourth-order valence-corrected chi connectivity index (χ4v) is 2.81. The Balaban J connectivity index is 1.95. The lowest BCUT2D eigenvalue weighted by molar-refractivity contribution is 0.786. The topological polar surface area (TPSA) is 52.8 Å².